The van der Waals surface area contributed by atoms with Crippen molar-refractivity contribution in [1.82, 2.24) is 5.32 Å². The Morgan fingerprint density at radius 3 is 2.38 bits per heavy atom. The second-order valence-corrected chi connectivity index (χ2v) is 6.79. The first kappa shape index (κ1) is 16.5. The van der Waals surface area contributed by atoms with Gasteiger partial charge in [-0.3, -0.25) is 4.79 Å². The molecule has 122 valence electrons. The summed E-state index contributed by atoms with van der Waals surface area (Å²) in [5.41, 5.74) is 2.01. The number of benzene rings is 2. The van der Waals surface area contributed by atoms with Crippen LogP contribution in [0.4, 0.5) is 5.69 Å². The molecule has 1 aliphatic heterocycles. The fourth-order valence-corrected chi connectivity index (χ4v) is 2.92. The highest BCUT2D eigenvalue weighted by atomic mass is 79.9. The zero-order valence-corrected chi connectivity index (χ0v) is 14.4. The van der Waals surface area contributed by atoms with Crippen molar-refractivity contribution < 1.29 is 9.90 Å². The number of hydrogen-bond donors (Lipinski definition) is 3. The maximum atomic E-state index is 12.6. The van der Waals surface area contributed by atoms with Crippen LogP contribution >= 0.6 is 15.9 Å². The smallest absolute Gasteiger partial charge is 0.249 e. The zero-order chi connectivity index (χ0) is 17.0. The number of aliphatic hydroxyl groups is 1. The van der Waals surface area contributed by atoms with Crippen LogP contribution in [0, 0.1) is 0 Å². The molecule has 3 rings (SSSR count). The Kier molecular flexibility index (Phi) is 4.83. The van der Waals surface area contributed by atoms with Gasteiger partial charge in [-0.2, -0.15) is 0 Å². The third kappa shape index (κ3) is 3.58. The monoisotopic (exact) mass is 384 g/mol. The lowest BCUT2D eigenvalue weighted by Gasteiger charge is -2.27. The van der Waals surface area contributed by atoms with E-state index in [2.05, 4.69) is 26.6 Å². The molecule has 4 nitrogen and oxygen atoms in total. The minimum Gasteiger partial charge on any atom is -0.382 e. The Bertz CT molecular complexity index is 774. The van der Waals surface area contributed by atoms with Crippen molar-refractivity contribution >= 4 is 27.5 Å². The summed E-state index contributed by atoms with van der Waals surface area (Å²) in [4.78, 5) is 12.6. The number of para-hydroxylation sites is 1. The predicted molar refractivity (Wildman–Crippen MR) is 98.5 cm³/mol. The Hall–Kier alpha value is -2.37. The van der Waals surface area contributed by atoms with Crippen LogP contribution in [0.3, 0.4) is 0 Å². The molecule has 1 aliphatic rings. The highest BCUT2D eigenvalue weighted by molar-refractivity contribution is 9.10. The van der Waals surface area contributed by atoms with Crippen LogP contribution in [-0.2, 0) is 4.79 Å². The molecule has 2 aromatic carbocycles. The number of nitrogens with one attached hydrogen (secondary N) is 2. The van der Waals surface area contributed by atoms with Gasteiger partial charge in [0.25, 0.3) is 0 Å². The van der Waals surface area contributed by atoms with Gasteiger partial charge in [-0.25, -0.2) is 0 Å². The van der Waals surface area contributed by atoms with Gasteiger partial charge in [-0.1, -0.05) is 64.5 Å². The molecule has 2 atom stereocenters. The Labute approximate surface area is 149 Å². The topological polar surface area (TPSA) is 61.4 Å². The largest absolute Gasteiger partial charge is 0.382 e. The Balaban J connectivity index is 1.82. The highest BCUT2D eigenvalue weighted by Gasteiger charge is 2.34. The van der Waals surface area contributed by atoms with Crippen molar-refractivity contribution in [2.75, 3.05) is 5.32 Å². The molecule has 0 fully saturated rings. The van der Waals surface area contributed by atoms with Gasteiger partial charge < -0.3 is 15.7 Å². The SMILES string of the molecule is O=C(Nc1ccccc1)C1(Br)C=CNC(C(O)c2ccccc2)=C1. The molecule has 1 heterocycles. The Morgan fingerprint density at radius 2 is 1.71 bits per heavy atom. The normalized spacial score (nSPS) is 20.7. The molecule has 5 heteroatoms. The van der Waals surface area contributed by atoms with Gasteiger partial charge in [0.2, 0.25) is 5.91 Å². The van der Waals surface area contributed by atoms with Crippen LogP contribution in [0.1, 0.15) is 11.7 Å². The fraction of sp³-hybridized carbons (Fsp3) is 0.105. The van der Waals surface area contributed by atoms with Crippen LogP contribution in [0.15, 0.2) is 84.7 Å². The van der Waals surface area contributed by atoms with Crippen LogP contribution in [0.5, 0.6) is 0 Å². The van der Waals surface area contributed by atoms with Gasteiger partial charge in [0.1, 0.15) is 10.4 Å². The molecular formula is C19H17BrN2O2. The summed E-state index contributed by atoms with van der Waals surface area (Å²) >= 11 is 3.47. The second-order valence-electron chi connectivity index (χ2n) is 5.48. The molecule has 24 heavy (non-hydrogen) atoms. The maximum Gasteiger partial charge on any atom is 0.249 e. The molecule has 0 bridgehead atoms. The predicted octanol–water partition coefficient (Wildman–Crippen LogP) is 3.49. The first-order chi connectivity index (χ1) is 11.6. The molecule has 0 aromatic heterocycles. The quantitative estimate of drug-likeness (QED) is 0.707. The minimum atomic E-state index is -1.03. The highest BCUT2D eigenvalue weighted by Crippen LogP contribution is 2.31. The number of alkyl halides is 1. The number of carbonyl (C=O) groups excluding carboxylic acids is 1. The lowest BCUT2D eigenvalue weighted by Crippen LogP contribution is -2.37. The van der Waals surface area contributed by atoms with Crippen LogP contribution in [0.2, 0.25) is 0 Å². The van der Waals surface area contributed by atoms with E-state index in [1.807, 2.05) is 60.7 Å². The molecule has 1 amide bonds. The molecule has 0 saturated heterocycles. The lowest BCUT2D eigenvalue weighted by atomic mass is 9.98. The summed E-state index contributed by atoms with van der Waals surface area (Å²) < 4.78 is -1.03. The molecule has 0 saturated carbocycles. The zero-order valence-electron chi connectivity index (χ0n) is 12.8. The van der Waals surface area contributed by atoms with E-state index in [9.17, 15) is 9.90 Å². The van der Waals surface area contributed by atoms with E-state index in [4.69, 9.17) is 0 Å². The van der Waals surface area contributed by atoms with Gasteiger partial charge in [-0.05, 0) is 36.0 Å². The molecule has 0 radical (unpaired) electrons. The molecule has 3 N–H and O–H groups in total. The first-order valence-electron chi connectivity index (χ1n) is 7.54. The van der Waals surface area contributed by atoms with Crippen molar-refractivity contribution in [2.24, 2.45) is 0 Å². The number of carbonyl (C=O) groups is 1. The standard InChI is InChI=1S/C19H17BrN2O2/c20-19(18(24)22-15-9-5-2-6-10-15)11-12-21-16(13-19)17(23)14-7-3-1-4-8-14/h1-13,17,21,23H,(H,22,24). The third-order valence-electron chi connectivity index (χ3n) is 3.73. The average molecular weight is 385 g/mol. The van der Waals surface area contributed by atoms with Gasteiger partial charge in [0.15, 0.2) is 0 Å². The summed E-state index contributed by atoms with van der Waals surface area (Å²) in [6, 6.07) is 18.5. The number of aliphatic hydroxyl groups excluding tert-OH is 1. The fourth-order valence-electron chi connectivity index (χ4n) is 2.44. The maximum absolute atomic E-state index is 12.6. The minimum absolute atomic E-state index is 0.232. The summed E-state index contributed by atoms with van der Waals surface area (Å²) in [5.74, 6) is -0.232. The van der Waals surface area contributed by atoms with E-state index < -0.39 is 10.4 Å². The summed E-state index contributed by atoms with van der Waals surface area (Å²) in [6.07, 6.45) is 4.20. The number of halogens is 1. The van der Waals surface area contributed by atoms with Crippen molar-refractivity contribution in [1.29, 1.82) is 0 Å². The van der Waals surface area contributed by atoms with E-state index in [1.54, 1.807) is 18.4 Å². The van der Waals surface area contributed by atoms with Crippen molar-refractivity contribution in [3.63, 3.8) is 0 Å². The lowest BCUT2D eigenvalue weighted by molar-refractivity contribution is -0.116. The molecule has 0 aliphatic carbocycles. The van der Waals surface area contributed by atoms with Crippen molar-refractivity contribution in [2.45, 2.75) is 10.4 Å². The van der Waals surface area contributed by atoms with E-state index in [0.29, 0.717) is 11.4 Å². The first-order valence-corrected chi connectivity index (χ1v) is 8.33. The van der Waals surface area contributed by atoms with E-state index >= 15 is 0 Å². The summed E-state index contributed by atoms with van der Waals surface area (Å²) in [7, 11) is 0. The number of rotatable bonds is 4. The molecule has 2 aromatic rings. The van der Waals surface area contributed by atoms with Crippen molar-refractivity contribution in [3.05, 3.63) is 90.3 Å². The molecule has 0 spiro atoms. The third-order valence-corrected chi connectivity index (χ3v) is 4.58. The van der Waals surface area contributed by atoms with Crippen molar-refractivity contribution in [3.8, 4) is 0 Å². The number of anilines is 1. The second kappa shape index (κ2) is 7.03. The van der Waals surface area contributed by atoms with Gasteiger partial charge >= 0.3 is 0 Å². The number of amides is 1. The molecule has 2 unspecified atom stereocenters. The number of dihydropyridines is 1. The van der Waals surface area contributed by atoms with Gasteiger partial charge in [0, 0.05) is 11.4 Å². The summed E-state index contributed by atoms with van der Waals surface area (Å²) in [5, 5.41) is 16.4. The average Bonchev–Trinajstić information content (AvgIpc) is 2.63. The van der Waals surface area contributed by atoms with Crippen LogP contribution < -0.4 is 10.6 Å². The van der Waals surface area contributed by atoms with Crippen LogP contribution in [-0.4, -0.2) is 15.3 Å². The van der Waals surface area contributed by atoms with E-state index in [0.717, 1.165) is 5.56 Å². The Morgan fingerprint density at radius 1 is 1.08 bits per heavy atom. The van der Waals surface area contributed by atoms with Gasteiger partial charge in [-0.15, -0.1) is 0 Å². The summed E-state index contributed by atoms with van der Waals surface area (Å²) in [6.45, 7) is 0. The van der Waals surface area contributed by atoms with Crippen LogP contribution in [0.25, 0.3) is 0 Å². The van der Waals surface area contributed by atoms with Gasteiger partial charge in [0.05, 0.1) is 0 Å². The number of hydrogen-bond acceptors (Lipinski definition) is 3. The van der Waals surface area contributed by atoms with E-state index in [-0.39, 0.29) is 5.91 Å². The molecular weight excluding hydrogens is 368 g/mol. The van der Waals surface area contributed by atoms with E-state index in [1.165, 1.54) is 0 Å².